The molecule has 2 N–H and O–H groups in total. The summed E-state index contributed by atoms with van der Waals surface area (Å²) in [5.74, 6) is 0. The Labute approximate surface area is 74.8 Å². The molecule has 70 valence electrons. The average Bonchev–Trinajstić information content (AvgIpc) is 2.12. The number of nitrogens with two attached hydrogens (primary N) is 1. The minimum atomic E-state index is -4.94. The second-order valence-corrected chi connectivity index (χ2v) is 3.41. The van der Waals surface area contributed by atoms with Crippen molar-refractivity contribution in [2.45, 2.75) is 0 Å². The number of nitrogens with zero attached hydrogens (tertiary/aromatic N) is 1. The van der Waals surface area contributed by atoms with Crippen LogP contribution in [0.25, 0.3) is 0 Å². The number of anilines is 1. The van der Waals surface area contributed by atoms with Gasteiger partial charge in [-0.2, -0.15) is 0 Å². The lowest BCUT2D eigenvalue weighted by Crippen LogP contribution is -2.68. The van der Waals surface area contributed by atoms with Crippen molar-refractivity contribution in [2.75, 3.05) is 5.73 Å². The van der Waals surface area contributed by atoms with Gasteiger partial charge >= 0.3 is 5.13 Å². The van der Waals surface area contributed by atoms with Crippen molar-refractivity contribution < 1.29 is 33.4 Å². The Hall–Kier alpha value is -0.440. The van der Waals surface area contributed by atoms with Gasteiger partial charge in [0.1, 0.15) is 6.20 Å². The molecule has 6 nitrogen and oxygen atoms in total. The summed E-state index contributed by atoms with van der Waals surface area (Å²) in [5, 5.41) is 2.80. The minimum Gasteiger partial charge on any atom is -0.278 e. The van der Waals surface area contributed by atoms with Crippen LogP contribution in [0.1, 0.15) is 0 Å². The topological polar surface area (TPSA) is 122 Å². The van der Waals surface area contributed by atoms with E-state index in [0.29, 0.717) is 0 Å². The molecule has 0 aromatic carbocycles. The molecule has 8 heteroatoms. The van der Waals surface area contributed by atoms with Gasteiger partial charge in [-0.05, 0) is 0 Å². The fraction of sp³-hybridized carbons (Fsp3) is 0.250. The molecule has 1 heterocycles. The number of rotatable bonds is 0. The van der Waals surface area contributed by atoms with E-state index in [1.165, 1.54) is 0 Å². The lowest BCUT2D eigenvalue weighted by Gasteiger charge is -2.17. The first kappa shape index (κ1) is 11.6. The van der Waals surface area contributed by atoms with Gasteiger partial charge in [0.05, 0.1) is 7.05 Å². The van der Waals surface area contributed by atoms with E-state index in [1.54, 1.807) is 11.3 Å². The fourth-order valence-corrected chi connectivity index (χ4v) is 0.958. The van der Waals surface area contributed by atoms with Crippen LogP contribution in [0.5, 0.6) is 0 Å². The van der Waals surface area contributed by atoms with Crippen LogP contribution < -0.4 is 28.9 Å². The van der Waals surface area contributed by atoms with E-state index in [1.807, 2.05) is 23.2 Å². The maximum absolute atomic E-state index is 8.49. The lowest BCUT2D eigenvalue weighted by atomic mass is 10.9. The first-order valence-corrected chi connectivity index (χ1v) is 4.72. The summed E-state index contributed by atoms with van der Waals surface area (Å²) in [6, 6.07) is 0. The number of nitrogen functional groups attached to an aromatic ring is 1. The molecule has 1 aromatic heterocycles. The van der Waals surface area contributed by atoms with Gasteiger partial charge in [0.25, 0.3) is 0 Å². The third-order valence-electron chi connectivity index (χ3n) is 0.821. The van der Waals surface area contributed by atoms with Gasteiger partial charge < -0.3 is 0 Å². The summed E-state index contributed by atoms with van der Waals surface area (Å²) in [4.78, 5) is 0. The Kier molecular flexibility index (Phi) is 4.39. The highest BCUT2D eigenvalue weighted by Crippen LogP contribution is 1.99. The molecule has 0 amide bonds. The SMILES string of the molecule is C[n+]1ccsc1N.[O-][Cl+3]([O-])([O-])[O-]. The number of aryl methyl sites for hydroxylation is 1. The monoisotopic (exact) mass is 214 g/mol. The molecule has 0 saturated carbocycles. The minimum absolute atomic E-state index is 0.847. The van der Waals surface area contributed by atoms with Gasteiger partial charge in [-0.1, -0.05) is 11.3 Å². The second kappa shape index (κ2) is 4.55. The quantitative estimate of drug-likeness (QED) is 0.436. The van der Waals surface area contributed by atoms with Gasteiger partial charge in [0.15, 0.2) is 0 Å². The van der Waals surface area contributed by atoms with Crippen LogP contribution in [-0.2, 0) is 7.05 Å². The Balaban J connectivity index is 0.000000217. The number of halogens is 1. The Morgan fingerprint density at radius 1 is 1.42 bits per heavy atom. The van der Waals surface area contributed by atoms with Crippen molar-refractivity contribution in [3.8, 4) is 0 Å². The Bertz CT molecular complexity index is 213. The van der Waals surface area contributed by atoms with E-state index in [4.69, 9.17) is 24.4 Å². The second-order valence-electron chi connectivity index (χ2n) is 1.73. The van der Waals surface area contributed by atoms with E-state index >= 15 is 0 Å². The third kappa shape index (κ3) is 7.66. The standard InChI is InChI=1S/C4H6N2S.ClHO4/c1-6-2-3-7-4(6)5;2-1(3,4)5/h2-3,5H,1H3;(H,2,3,4,5). The smallest absolute Gasteiger partial charge is 0.278 e. The molecular formula is C4H7ClN2O4S. The molecule has 0 atom stereocenters. The summed E-state index contributed by atoms with van der Waals surface area (Å²) in [7, 11) is -3.02. The number of aromatic nitrogens is 1. The molecule has 0 fully saturated rings. The molecule has 1 rings (SSSR count). The summed E-state index contributed by atoms with van der Waals surface area (Å²) < 4.78 is 35.9. The van der Waals surface area contributed by atoms with E-state index in [0.717, 1.165) is 5.13 Å². The van der Waals surface area contributed by atoms with Crippen LogP contribution in [0.2, 0.25) is 0 Å². The summed E-state index contributed by atoms with van der Waals surface area (Å²) >= 11 is 1.55. The van der Waals surface area contributed by atoms with Crippen molar-refractivity contribution in [2.24, 2.45) is 7.05 Å². The number of hydrogen-bond acceptors (Lipinski definition) is 6. The lowest BCUT2D eigenvalue weighted by molar-refractivity contribution is -2.00. The van der Waals surface area contributed by atoms with Crippen LogP contribution >= 0.6 is 11.3 Å². The zero-order valence-corrected chi connectivity index (χ0v) is 7.67. The molecule has 1 aromatic rings. The highest BCUT2D eigenvalue weighted by molar-refractivity contribution is 7.12. The molecular weight excluding hydrogens is 208 g/mol. The summed E-state index contributed by atoms with van der Waals surface area (Å²) in [5.41, 5.74) is 5.42. The van der Waals surface area contributed by atoms with E-state index < -0.39 is 10.2 Å². The van der Waals surface area contributed by atoms with Crippen LogP contribution in [0.15, 0.2) is 11.6 Å². The number of thiazole rings is 1. The van der Waals surface area contributed by atoms with Crippen molar-refractivity contribution >= 4 is 16.5 Å². The van der Waals surface area contributed by atoms with Crippen molar-refractivity contribution in [1.82, 2.24) is 0 Å². The molecule has 0 aliphatic heterocycles. The maximum atomic E-state index is 8.49. The average molecular weight is 215 g/mol. The van der Waals surface area contributed by atoms with E-state index in [9.17, 15) is 0 Å². The predicted octanol–water partition coefficient (Wildman–Crippen LogP) is -4.60. The normalized spacial score (nSPS) is 10.4. The van der Waals surface area contributed by atoms with E-state index in [2.05, 4.69) is 0 Å². The molecule has 0 radical (unpaired) electrons. The fourth-order valence-electron chi connectivity index (χ4n) is 0.348. The highest BCUT2D eigenvalue weighted by Gasteiger charge is 1.94. The van der Waals surface area contributed by atoms with Gasteiger partial charge in [-0.3, -0.25) is 5.73 Å². The zero-order chi connectivity index (χ0) is 9.78. The Morgan fingerprint density at radius 2 is 1.83 bits per heavy atom. The molecule has 0 aliphatic rings. The van der Waals surface area contributed by atoms with Crippen LogP contribution in [0, 0.1) is 10.2 Å². The largest absolute Gasteiger partial charge is 0.331 e. The van der Waals surface area contributed by atoms with Crippen LogP contribution in [0.4, 0.5) is 5.13 Å². The van der Waals surface area contributed by atoms with Crippen molar-refractivity contribution in [1.29, 1.82) is 0 Å². The van der Waals surface area contributed by atoms with Crippen molar-refractivity contribution in [3.63, 3.8) is 0 Å². The molecule has 0 unspecified atom stereocenters. The molecule has 0 saturated heterocycles. The van der Waals surface area contributed by atoms with Gasteiger partial charge in [0, 0.05) is 5.38 Å². The third-order valence-corrected chi connectivity index (χ3v) is 1.61. The van der Waals surface area contributed by atoms with Gasteiger partial charge in [-0.15, -0.1) is 10.2 Å². The van der Waals surface area contributed by atoms with Crippen molar-refractivity contribution in [3.05, 3.63) is 11.6 Å². The molecule has 0 aliphatic carbocycles. The highest BCUT2D eigenvalue weighted by atomic mass is 35.7. The van der Waals surface area contributed by atoms with E-state index in [-0.39, 0.29) is 0 Å². The van der Waals surface area contributed by atoms with Crippen LogP contribution in [0.3, 0.4) is 0 Å². The van der Waals surface area contributed by atoms with Gasteiger partial charge in [-0.25, -0.2) is 23.2 Å². The number of hydrogen-bond donors (Lipinski definition) is 1. The predicted molar refractivity (Wildman–Crippen MR) is 29.9 cm³/mol. The first-order valence-electron chi connectivity index (χ1n) is 2.61. The molecule has 0 bridgehead atoms. The zero-order valence-electron chi connectivity index (χ0n) is 6.10. The first-order chi connectivity index (χ1) is 5.30. The summed E-state index contributed by atoms with van der Waals surface area (Å²) in [6.07, 6.45) is 1.93. The van der Waals surface area contributed by atoms with Gasteiger partial charge in [0.2, 0.25) is 0 Å². The molecule has 0 spiro atoms. The molecule has 12 heavy (non-hydrogen) atoms. The van der Waals surface area contributed by atoms with Crippen LogP contribution in [-0.4, -0.2) is 0 Å². The summed E-state index contributed by atoms with van der Waals surface area (Å²) in [6.45, 7) is 0. The maximum Gasteiger partial charge on any atom is 0.331 e. The Morgan fingerprint density at radius 3 is 1.92 bits per heavy atom.